The monoisotopic (exact) mass is 303 g/mol. The molecule has 0 spiro atoms. The SMILES string of the molecule is Cc1ccc(OCCC(=O)NC(C)c2cccs2)c(C)c1. The number of hydrogen-bond donors (Lipinski definition) is 1. The minimum absolute atomic E-state index is 0.0145. The van der Waals surface area contributed by atoms with Crippen molar-refractivity contribution >= 4 is 17.2 Å². The molecule has 1 aromatic heterocycles. The van der Waals surface area contributed by atoms with Crippen molar-refractivity contribution in [1.29, 1.82) is 0 Å². The molecule has 4 heteroatoms. The number of ether oxygens (including phenoxy) is 1. The van der Waals surface area contributed by atoms with Gasteiger partial charge in [-0.05, 0) is 43.8 Å². The summed E-state index contributed by atoms with van der Waals surface area (Å²) in [4.78, 5) is 13.1. The van der Waals surface area contributed by atoms with Gasteiger partial charge in [-0.25, -0.2) is 0 Å². The van der Waals surface area contributed by atoms with Crippen molar-refractivity contribution in [2.45, 2.75) is 33.2 Å². The van der Waals surface area contributed by atoms with Gasteiger partial charge in [-0.3, -0.25) is 4.79 Å². The molecule has 1 aromatic carbocycles. The highest BCUT2D eigenvalue weighted by Gasteiger charge is 2.10. The maximum atomic E-state index is 11.9. The van der Waals surface area contributed by atoms with E-state index in [0.29, 0.717) is 13.0 Å². The molecule has 0 saturated heterocycles. The van der Waals surface area contributed by atoms with Crippen LogP contribution in [0.25, 0.3) is 0 Å². The number of carbonyl (C=O) groups is 1. The number of benzene rings is 1. The maximum Gasteiger partial charge on any atom is 0.223 e. The molecule has 1 N–H and O–H groups in total. The Morgan fingerprint density at radius 3 is 2.81 bits per heavy atom. The van der Waals surface area contributed by atoms with Crippen LogP contribution in [0, 0.1) is 13.8 Å². The Balaban J connectivity index is 1.76. The fraction of sp³-hybridized carbons (Fsp3) is 0.353. The third kappa shape index (κ3) is 4.60. The first-order valence-corrected chi connectivity index (χ1v) is 7.97. The fourth-order valence-electron chi connectivity index (χ4n) is 2.14. The van der Waals surface area contributed by atoms with Crippen LogP contribution >= 0.6 is 11.3 Å². The minimum Gasteiger partial charge on any atom is -0.493 e. The molecule has 0 saturated carbocycles. The standard InChI is InChI=1S/C17H21NO2S/c1-12-6-7-15(13(2)11-12)20-9-8-17(19)18-14(3)16-5-4-10-21-16/h4-7,10-11,14H,8-9H2,1-3H3,(H,18,19). The molecule has 1 atom stereocenters. The van der Waals surface area contributed by atoms with Gasteiger partial charge in [0.1, 0.15) is 5.75 Å². The van der Waals surface area contributed by atoms with Crippen molar-refractivity contribution in [2.75, 3.05) is 6.61 Å². The summed E-state index contributed by atoms with van der Waals surface area (Å²) in [6, 6.07) is 10.1. The number of carbonyl (C=O) groups excluding carboxylic acids is 1. The largest absolute Gasteiger partial charge is 0.493 e. The number of rotatable bonds is 6. The molecule has 21 heavy (non-hydrogen) atoms. The van der Waals surface area contributed by atoms with E-state index in [1.165, 1.54) is 10.4 Å². The van der Waals surface area contributed by atoms with Gasteiger partial charge >= 0.3 is 0 Å². The molecular formula is C17H21NO2S. The van der Waals surface area contributed by atoms with Crippen LogP contribution in [0.2, 0.25) is 0 Å². The highest BCUT2D eigenvalue weighted by atomic mass is 32.1. The zero-order valence-corrected chi connectivity index (χ0v) is 13.5. The summed E-state index contributed by atoms with van der Waals surface area (Å²) in [6.45, 7) is 6.46. The summed E-state index contributed by atoms with van der Waals surface area (Å²) in [5.74, 6) is 0.861. The second-order valence-corrected chi connectivity index (χ2v) is 6.15. The molecule has 2 rings (SSSR count). The number of thiophene rings is 1. The van der Waals surface area contributed by atoms with Gasteiger partial charge in [0.05, 0.1) is 19.1 Å². The number of nitrogens with one attached hydrogen (secondary N) is 1. The predicted octanol–water partition coefficient (Wildman–Crippen LogP) is 4.01. The van der Waals surface area contributed by atoms with Gasteiger partial charge in [0.25, 0.3) is 0 Å². The van der Waals surface area contributed by atoms with Crippen LogP contribution < -0.4 is 10.1 Å². The van der Waals surface area contributed by atoms with Gasteiger partial charge in [-0.2, -0.15) is 0 Å². The van der Waals surface area contributed by atoms with E-state index in [1.807, 2.05) is 43.5 Å². The molecule has 1 amide bonds. The van der Waals surface area contributed by atoms with Gasteiger partial charge in [-0.15, -0.1) is 11.3 Å². The van der Waals surface area contributed by atoms with Gasteiger partial charge in [-0.1, -0.05) is 23.8 Å². The molecule has 0 aliphatic rings. The zero-order valence-electron chi connectivity index (χ0n) is 12.7. The molecule has 1 unspecified atom stereocenters. The van der Waals surface area contributed by atoms with E-state index in [4.69, 9.17) is 4.74 Å². The first-order chi connectivity index (χ1) is 10.1. The molecule has 1 heterocycles. The summed E-state index contributed by atoms with van der Waals surface area (Å²) in [5, 5.41) is 5.00. The quantitative estimate of drug-likeness (QED) is 0.875. The van der Waals surface area contributed by atoms with Crippen LogP contribution in [-0.4, -0.2) is 12.5 Å². The van der Waals surface area contributed by atoms with E-state index in [2.05, 4.69) is 18.3 Å². The Bertz CT molecular complexity index is 593. The summed E-state index contributed by atoms with van der Waals surface area (Å²) < 4.78 is 5.68. The van der Waals surface area contributed by atoms with Gasteiger partial charge in [0.2, 0.25) is 5.91 Å². The molecule has 0 aliphatic carbocycles. The molecule has 112 valence electrons. The average molecular weight is 303 g/mol. The lowest BCUT2D eigenvalue weighted by atomic mass is 10.1. The molecule has 0 aliphatic heterocycles. The Hall–Kier alpha value is -1.81. The van der Waals surface area contributed by atoms with Crippen LogP contribution in [0.15, 0.2) is 35.7 Å². The second kappa shape index (κ2) is 7.27. The van der Waals surface area contributed by atoms with Crippen LogP contribution in [0.3, 0.4) is 0 Å². The summed E-state index contributed by atoms with van der Waals surface area (Å²) in [7, 11) is 0. The van der Waals surface area contributed by atoms with Crippen LogP contribution in [0.5, 0.6) is 5.75 Å². The van der Waals surface area contributed by atoms with Crippen molar-refractivity contribution < 1.29 is 9.53 Å². The van der Waals surface area contributed by atoms with Crippen LogP contribution in [0.4, 0.5) is 0 Å². The molecule has 0 fully saturated rings. The maximum absolute atomic E-state index is 11.9. The van der Waals surface area contributed by atoms with Crippen LogP contribution in [-0.2, 0) is 4.79 Å². The molecule has 0 bridgehead atoms. The van der Waals surface area contributed by atoms with Crippen molar-refractivity contribution in [3.63, 3.8) is 0 Å². The topological polar surface area (TPSA) is 38.3 Å². The fourth-order valence-corrected chi connectivity index (χ4v) is 2.87. The van der Waals surface area contributed by atoms with Crippen molar-refractivity contribution in [3.8, 4) is 5.75 Å². The van der Waals surface area contributed by atoms with E-state index < -0.39 is 0 Å². The van der Waals surface area contributed by atoms with Crippen molar-refractivity contribution in [3.05, 3.63) is 51.7 Å². The highest BCUT2D eigenvalue weighted by molar-refractivity contribution is 7.10. The normalized spacial score (nSPS) is 12.0. The summed E-state index contributed by atoms with van der Waals surface area (Å²) in [6.07, 6.45) is 0.364. The Morgan fingerprint density at radius 1 is 1.33 bits per heavy atom. The van der Waals surface area contributed by atoms with Gasteiger partial charge in [0, 0.05) is 4.88 Å². The number of aryl methyl sites for hydroxylation is 2. The number of amides is 1. The Labute approximate surface area is 130 Å². The van der Waals surface area contributed by atoms with E-state index in [-0.39, 0.29) is 11.9 Å². The third-order valence-corrected chi connectivity index (χ3v) is 4.32. The molecular weight excluding hydrogens is 282 g/mol. The second-order valence-electron chi connectivity index (χ2n) is 5.17. The van der Waals surface area contributed by atoms with Crippen LogP contribution in [0.1, 0.15) is 35.4 Å². The lowest BCUT2D eigenvalue weighted by Crippen LogP contribution is -2.27. The van der Waals surface area contributed by atoms with E-state index >= 15 is 0 Å². The van der Waals surface area contributed by atoms with Gasteiger partial charge in [0.15, 0.2) is 0 Å². The van der Waals surface area contributed by atoms with E-state index in [0.717, 1.165) is 11.3 Å². The first kappa shape index (κ1) is 15.6. The lowest BCUT2D eigenvalue weighted by Gasteiger charge is -2.13. The lowest BCUT2D eigenvalue weighted by molar-refractivity contribution is -0.122. The van der Waals surface area contributed by atoms with Gasteiger partial charge < -0.3 is 10.1 Å². The summed E-state index contributed by atoms with van der Waals surface area (Å²) in [5.41, 5.74) is 2.31. The molecule has 0 radical (unpaired) electrons. The highest BCUT2D eigenvalue weighted by Crippen LogP contribution is 2.19. The predicted molar refractivity (Wildman–Crippen MR) is 86.9 cm³/mol. The van der Waals surface area contributed by atoms with E-state index in [9.17, 15) is 4.79 Å². The average Bonchev–Trinajstić information content (AvgIpc) is 2.95. The summed E-state index contributed by atoms with van der Waals surface area (Å²) >= 11 is 1.65. The Morgan fingerprint density at radius 2 is 2.14 bits per heavy atom. The van der Waals surface area contributed by atoms with Crippen molar-refractivity contribution in [2.24, 2.45) is 0 Å². The van der Waals surface area contributed by atoms with Crippen molar-refractivity contribution in [1.82, 2.24) is 5.32 Å². The molecule has 2 aromatic rings. The Kier molecular flexibility index (Phi) is 5.39. The first-order valence-electron chi connectivity index (χ1n) is 7.09. The smallest absolute Gasteiger partial charge is 0.223 e. The minimum atomic E-state index is 0.0145. The van der Waals surface area contributed by atoms with E-state index in [1.54, 1.807) is 11.3 Å². The molecule has 3 nitrogen and oxygen atoms in total. The third-order valence-electron chi connectivity index (χ3n) is 3.26. The zero-order chi connectivity index (χ0) is 15.2. The number of hydrogen-bond acceptors (Lipinski definition) is 3.